The van der Waals surface area contributed by atoms with Crippen molar-refractivity contribution in [1.82, 2.24) is 19.1 Å². The van der Waals surface area contributed by atoms with Gasteiger partial charge in [-0.05, 0) is 12.2 Å². The molecule has 6 heteroatoms. The lowest BCUT2D eigenvalue weighted by Crippen LogP contribution is -2.13. The first kappa shape index (κ1) is 8.18. The lowest BCUT2D eigenvalue weighted by molar-refractivity contribution is 0.817. The normalized spacial score (nSPS) is 10.9. The minimum absolute atomic E-state index is 0.237. The zero-order valence-corrected chi connectivity index (χ0v) is 8.05. The number of H-pyrrole nitrogens is 1. The minimum Gasteiger partial charge on any atom is -0.320 e. The number of fused-ring (bicyclic) bond motifs is 1. The van der Waals surface area contributed by atoms with Crippen molar-refractivity contribution in [3.05, 3.63) is 21.5 Å². The summed E-state index contributed by atoms with van der Waals surface area (Å²) < 4.78 is 3.89. The molecular weight excluding hydrogens is 188 g/mol. The van der Waals surface area contributed by atoms with Crippen molar-refractivity contribution in [2.75, 3.05) is 0 Å². The number of aromatic nitrogens is 4. The van der Waals surface area contributed by atoms with Crippen LogP contribution < -0.4 is 5.56 Å². The Morgan fingerprint density at radius 3 is 2.92 bits per heavy atom. The number of nitrogens with one attached hydrogen (secondary N) is 1. The minimum atomic E-state index is -0.237. The molecule has 5 nitrogen and oxygen atoms in total. The van der Waals surface area contributed by atoms with E-state index in [0.717, 1.165) is 5.65 Å². The molecule has 0 saturated carbocycles. The molecule has 0 unspecified atom stereocenters. The maximum atomic E-state index is 11.4. The molecule has 1 N–H and O–H groups in total. The van der Waals surface area contributed by atoms with Crippen LogP contribution in [0.1, 0.15) is 0 Å². The molecule has 0 saturated heterocycles. The molecular formula is C7H8N4OS. The van der Waals surface area contributed by atoms with E-state index in [1.165, 1.54) is 0 Å². The Bertz CT molecular complexity index is 576. The summed E-state index contributed by atoms with van der Waals surface area (Å²) in [5, 5.41) is 0. The molecule has 0 spiro atoms. The number of rotatable bonds is 0. The van der Waals surface area contributed by atoms with Gasteiger partial charge >= 0.3 is 0 Å². The molecule has 68 valence electrons. The molecule has 0 aliphatic carbocycles. The third kappa shape index (κ3) is 1.02. The van der Waals surface area contributed by atoms with Crippen LogP contribution in [0.4, 0.5) is 0 Å². The van der Waals surface area contributed by atoms with Crippen LogP contribution in [0.25, 0.3) is 11.2 Å². The van der Waals surface area contributed by atoms with Crippen molar-refractivity contribution >= 4 is 23.4 Å². The standard InChI is InChI=1S/C7H8N4OS/c1-10-3-8-4-5(12)9-7(13)11(2)6(4)10/h3H,1-2H3,(H,9,12,13). The van der Waals surface area contributed by atoms with Crippen LogP contribution in [0.2, 0.25) is 0 Å². The van der Waals surface area contributed by atoms with Crippen molar-refractivity contribution in [1.29, 1.82) is 0 Å². The van der Waals surface area contributed by atoms with Gasteiger partial charge in [0.1, 0.15) is 5.65 Å². The first-order valence-electron chi connectivity index (χ1n) is 3.71. The Labute approximate surface area is 78.7 Å². The van der Waals surface area contributed by atoms with E-state index in [0.29, 0.717) is 10.3 Å². The molecule has 0 aliphatic rings. The smallest absolute Gasteiger partial charge is 0.279 e. The van der Waals surface area contributed by atoms with E-state index in [1.54, 1.807) is 22.5 Å². The molecule has 0 amide bonds. The zero-order valence-electron chi connectivity index (χ0n) is 7.24. The van der Waals surface area contributed by atoms with Gasteiger partial charge in [0, 0.05) is 14.1 Å². The number of aromatic amines is 1. The number of hydrogen-bond acceptors (Lipinski definition) is 3. The highest BCUT2D eigenvalue weighted by Crippen LogP contribution is 2.04. The topological polar surface area (TPSA) is 55.6 Å². The second-order valence-electron chi connectivity index (χ2n) is 2.85. The fraction of sp³-hybridized carbons (Fsp3) is 0.286. The van der Waals surface area contributed by atoms with Crippen molar-refractivity contribution in [2.45, 2.75) is 0 Å². The van der Waals surface area contributed by atoms with Gasteiger partial charge in [-0.2, -0.15) is 0 Å². The molecule has 2 aromatic rings. The average molecular weight is 196 g/mol. The van der Waals surface area contributed by atoms with Gasteiger partial charge in [0.2, 0.25) is 0 Å². The molecule has 2 aromatic heterocycles. The van der Waals surface area contributed by atoms with Gasteiger partial charge in [0.25, 0.3) is 5.56 Å². The Morgan fingerprint density at radius 2 is 2.23 bits per heavy atom. The molecule has 2 rings (SSSR count). The van der Waals surface area contributed by atoms with Crippen molar-refractivity contribution in [3.8, 4) is 0 Å². The number of aryl methyl sites for hydroxylation is 2. The van der Waals surface area contributed by atoms with Crippen LogP contribution in [0.5, 0.6) is 0 Å². The quantitative estimate of drug-likeness (QED) is 0.618. The zero-order chi connectivity index (χ0) is 9.59. The van der Waals surface area contributed by atoms with Gasteiger partial charge in [-0.3, -0.25) is 9.78 Å². The Hall–Kier alpha value is -1.43. The first-order chi connectivity index (χ1) is 6.11. The molecule has 0 radical (unpaired) electrons. The van der Waals surface area contributed by atoms with E-state index in [-0.39, 0.29) is 5.56 Å². The van der Waals surface area contributed by atoms with E-state index in [2.05, 4.69) is 9.97 Å². The van der Waals surface area contributed by atoms with E-state index < -0.39 is 0 Å². The summed E-state index contributed by atoms with van der Waals surface area (Å²) >= 11 is 4.96. The van der Waals surface area contributed by atoms with Gasteiger partial charge < -0.3 is 9.13 Å². The SMILES string of the molecule is Cn1cnc2c(=O)[nH]c(=S)n(C)c21. The van der Waals surface area contributed by atoms with Crippen molar-refractivity contribution in [2.24, 2.45) is 14.1 Å². The highest BCUT2D eigenvalue weighted by molar-refractivity contribution is 7.71. The Morgan fingerprint density at radius 1 is 1.54 bits per heavy atom. The summed E-state index contributed by atoms with van der Waals surface area (Å²) in [5.74, 6) is 0. The molecule has 0 aliphatic heterocycles. The highest BCUT2D eigenvalue weighted by atomic mass is 32.1. The summed E-state index contributed by atoms with van der Waals surface area (Å²) in [6.07, 6.45) is 1.59. The van der Waals surface area contributed by atoms with Gasteiger partial charge in [0.05, 0.1) is 6.33 Å². The van der Waals surface area contributed by atoms with E-state index in [9.17, 15) is 4.79 Å². The lowest BCUT2D eigenvalue weighted by atomic mass is 10.5. The van der Waals surface area contributed by atoms with Crippen LogP contribution >= 0.6 is 12.2 Å². The van der Waals surface area contributed by atoms with Crippen molar-refractivity contribution in [3.63, 3.8) is 0 Å². The predicted octanol–water partition coefficient (Wildman–Crippen LogP) is 0.330. The molecule has 0 bridgehead atoms. The third-order valence-corrected chi connectivity index (χ3v) is 2.34. The molecule has 13 heavy (non-hydrogen) atoms. The largest absolute Gasteiger partial charge is 0.320 e. The Kier molecular flexibility index (Phi) is 1.59. The monoisotopic (exact) mass is 196 g/mol. The fourth-order valence-corrected chi connectivity index (χ4v) is 1.49. The van der Waals surface area contributed by atoms with Crippen LogP contribution in [-0.4, -0.2) is 19.1 Å². The van der Waals surface area contributed by atoms with E-state index in [4.69, 9.17) is 12.2 Å². The number of hydrogen-bond donors (Lipinski definition) is 1. The van der Waals surface area contributed by atoms with Gasteiger partial charge in [-0.25, -0.2) is 4.98 Å². The number of imidazole rings is 1. The average Bonchev–Trinajstić information content (AvgIpc) is 2.44. The molecule has 0 aromatic carbocycles. The fourth-order valence-electron chi connectivity index (χ4n) is 1.32. The highest BCUT2D eigenvalue weighted by Gasteiger charge is 2.06. The summed E-state index contributed by atoms with van der Waals surface area (Å²) in [6, 6.07) is 0. The van der Waals surface area contributed by atoms with E-state index in [1.807, 2.05) is 7.05 Å². The van der Waals surface area contributed by atoms with Gasteiger partial charge in [0.15, 0.2) is 10.3 Å². The second kappa shape index (κ2) is 2.53. The van der Waals surface area contributed by atoms with E-state index >= 15 is 0 Å². The summed E-state index contributed by atoms with van der Waals surface area (Å²) in [6.45, 7) is 0. The summed E-state index contributed by atoms with van der Waals surface area (Å²) in [7, 11) is 3.62. The second-order valence-corrected chi connectivity index (χ2v) is 3.23. The third-order valence-electron chi connectivity index (χ3n) is 1.96. The summed E-state index contributed by atoms with van der Waals surface area (Å²) in [4.78, 5) is 17.9. The maximum absolute atomic E-state index is 11.4. The number of nitrogens with zero attached hydrogens (tertiary/aromatic N) is 3. The molecule has 2 heterocycles. The first-order valence-corrected chi connectivity index (χ1v) is 4.12. The van der Waals surface area contributed by atoms with Crippen LogP contribution in [0.15, 0.2) is 11.1 Å². The van der Waals surface area contributed by atoms with Crippen LogP contribution in [-0.2, 0) is 14.1 Å². The van der Waals surface area contributed by atoms with Gasteiger partial charge in [-0.15, -0.1) is 0 Å². The van der Waals surface area contributed by atoms with Crippen LogP contribution in [0, 0.1) is 4.77 Å². The molecule has 0 atom stereocenters. The summed E-state index contributed by atoms with van der Waals surface area (Å²) in [5.41, 5.74) is 0.908. The maximum Gasteiger partial charge on any atom is 0.279 e. The predicted molar refractivity (Wildman–Crippen MR) is 51.1 cm³/mol. The Balaban J connectivity index is 3.19. The van der Waals surface area contributed by atoms with Crippen molar-refractivity contribution < 1.29 is 0 Å². The van der Waals surface area contributed by atoms with Crippen LogP contribution in [0.3, 0.4) is 0 Å². The lowest BCUT2D eigenvalue weighted by Gasteiger charge is -2.01. The van der Waals surface area contributed by atoms with Gasteiger partial charge in [-0.1, -0.05) is 0 Å². The molecule has 0 fully saturated rings.